The fourth-order valence-corrected chi connectivity index (χ4v) is 3.81. The first-order valence-electron chi connectivity index (χ1n) is 5.71. The average Bonchev–Trinajstić information content (AvgIpc) is 2.69. The van der Waals surface area contributed by atoms with Crippen molar-refractivity contribution in [3.8, 4) is 0 Å². The van der Waals surface area contributed by atoms with Crippen molar-refractivity contribution >= 4 is 22.9 Å². The Morgan fingerprint density at radius 1 is 1.47 bits per heavy atom. The molecule has 0 N–H and O–H groups in total. The van der Waals surface area contributed by atoms with Crippen LogP contribution in [0.5, 0.6) is 0 Å². The number of halogens is 1. The van der Waals surface area contributed by atoms with Gasteiger partial charge in [-0.25, -0.2) is 0 Å². The Hall–Kier alpha value is -0.0800. The quantitative estimate of drug-likeness (QED) is 0.707. The number of alkyl halides is 1. The van der Waals surface area contributed by atoms with Crippen LogP contribution < -0.4 is 0 Å². The minimum Gasteiger partial charge on any atom is -0.253 e. The molecule has 1 saturated carbocycles. The van der Waals surface area contributed by atoms with E-state index in [9.17, 15) is 0 Å². The van der Waals surface area contributed by atoms with Gasteiger partial charge in [0.05, 0.1) is 5.51 Å². The summed E-state index contributed by atoms with van der Waals surface area (Å²) in [6, 6.07) is 0. The molecule has 0 saturated heterocycles. The summed E-state index contributed by atoms with van der Waals surface area (Å²) in [5.41, 5.74) is 1.94. The van der Waals surface area contributed by atoms with Crippen molar-refractivity contribution in [2.45, 2.75) is 44.4 Å². The van der Waals surface area contributed by atoms with Crippen LogP contribution in [0, 0.1) is 11.8 Å². The van der Waals surface area contributed by atoms with Gasteiger partial charge < -0.3 is 0 Å². The average molecular weight is 244 g/mol. The largest absolute Gasteiger partial charge is 0.253 e. The lowest BCUT2D eigenvalue weighted by Gasteiger charge is -2.35. The Bertz CT molecular complexity index is 297. The standard InChI is InChI=1S/C12H18ClNS/c1-8(2)10-4-3-9(13)5-11(10)12-6-14-7-15-12/h6-11H,3-5H2,1-2H3. The van der Waals surface area contributed by atoms with Crippen molar-refractivity contribution in [3.05, 3.63) is 16.6 Å². The summed E-state index contributed by atoms with van der Waals surface area (Å²) < 4.78 is 0. The Labute approximate surface area is 101 Å². The predicted octanol–water partition coefficient (Wildman–Crippen LogP) is 4.29. The SMILES string of the molecule is CC(C)C1CCC(Cl)CC1c1cncs1. The highest BCUT2D eigenvalue weighted by atomic mass is 35.5. The van der Waals surface area contributed by atoms with Gasteiger partial charge >= 0.3 is 0 Å². The Morgan fingerprint density at radius 2 is 2.27 bits per heavy atom. The van der Waals surface area contributed by atoms with Gasteiger partial charge in [0.1, 0.15) is 0 Å². The first-order chi connectivity index (χ1) is 7.18. The lowest BCUT2D eigenvalue weighted by molar-refractivity contribution is 0.243. The van der Waals surface area contributed by atoms with Gasteiger partial charge in [0, 0.05) is 16.5 Å². The summed E-state index contributed by atoms with van der Waals surface area (Å²) >= 11 is 8.07. The molecule has 0 radical (unpaired) electrons. The van der Waals surface area contributed by atoms with Crippen LogP contribution in [0.25, 0.3) is 0 Å². The molecule has 0 amide bonds. The van der Waals surface area contributed by atoms with Crippen LogP contribution in [0.3, 0.4) is 0 Å². The van der Waals surface area contributed by atoms with E-state index in [2.05, 4.69) is 18.8 Å². The maximum absolute atomic E-state index is 6.28. The fourth-order valence-electron chi connectivity index (χ4n) is 2.68. The molecule has 1 aliphatic rings. The van der Waals surface area contributed by atoms with E-state index in [-0.39, 0.29) is 0 Å². The molecule has 0 spiro atoms. The maximum atomic E-state index is 6.28. The van der Waals surface area contributed by atoms with Gasteiger partial charge in [-0.15, -0.1) is 22.9 Å². The second-order valence-corrected chi connectivity index (χ2v) is 6.36. The third-order valence-electron chi connectivity index (χ3n) is 3.51. The summed E-state index contributed by atoms with van der Waals surface area (Å²) in [4.78, 5) is 5.62. The molecule has 1 aromatic heterocycles. The molecule has 3 heteroatoms. The first kappa shape index (κ1) is 11.4. The van der Waals surface area contributed by atoms with Gasteiger partial charge in [0.15, 0.2) is 0 Å². The number of thiazole rings is 1. The molecular weight excluding hydrogens is 226 g/mol. The van der Waals surface area contributed by atoms with E-state index in [1.165, 1.54) is 17.7 Å². The van der Waals surface area contributed by atoms with E-state index in [0.29, 0.717) is 11.3 Å². The van der Waals surface area contributed by atoms with Crippen molar-refractivity contribution in [2.24, 2.45) is 11.8 Å². The third kappa shape index (κ3) is 2.54. The minimum absolute atomic E-state index is 0.368. The molecule has 1 aromatic rings. The van der Waals surface area contributed by atoms with Crippen LogP contribution in [0.15, 0.2) is 11.7 Å². The lowest BCUT2D eigenvalue weighted by atomic mass is 9.73. The molecule has 15 heavy (non-hydrogen) atoms. The van der Waals surface area contributed by atoms with Crippen molar-refractivity contribution in [1.29, 1.82) is 0 Å². The molecule has 1 aliphatic carbocycles. The molecule has 2 rings (SSSR count). The van der Waals surface area contributed by atoms with Gasteiger partial charge in [-0.05, 0) is 37.0 Å². The maximum Gasteiger partial charge on any atom is 0.0794 e. The zero-order chi connectivity index (χ0) is 10.8. The number of rotatable bonds is 2. The van der Waals surface area contributed by atoms with Crippen LogP contribution in [-0.4, -0.2) is 10.4 Å². The van der Waals surface area contributed by atoms with E-state index < -0.39 is 0 Å². The van der Waals surface area contributed by atoms with Crippen molar-refractivity contribution < 1.29 is 0 Å². The van der Waals surface area contributed by atoms with E-state index >= 15 is 0 Å². The predicted molar refractivity (Wildman–Crippen MR) is 66.7 cm³/mol. The van der Waals surface area contributed by atoms with Crippen LogP contribution in [0.4, 0.5) is 0 Å². The lowest BCUT2D eigenvalue weighted by Crippen LogP contribution is -2.26. The molecule has 1 nitrogen and oxygen atoms in total. The van der Waals surface area contributed by atoms with Crippen molar-refractivity contribution in [2.75, 3.05) is 0 Å². The summed E-state index contributed by atoms with van der Waals surface area (Å²) in [5.74, 6) is 2.19. The normalized spacial score (nSPS) is 32.1. The number of aromatic nitrogens is 1. The smallest absolute Gasteiger partial charge is 0.0794 e. The molecule has 1 fully saturated rings. The number of nitrogens with zero attached hydrogens (tertiary/aromatic N) is 1. The third-order valence-corrected chi connectivity index (χ3v) is 4.82. The summed E-state index contributed by atoms with van der Waals surface area (Å²) in [5, 5.41) is 0.368. The molecule has 0 aliphatic heterocycles. The van der Waals surface area contributed by atoms with Gasteiger partial charge in [-0.3, -0.25) is 4.98 Å². The zero-order valence-corrected chi connectivity index (χ0v) is 10.9. The molecule has 3 unspecified atom stereocenters. The highest BCUT2D eigenvalue weighted by Gasteiger charge is 2.33. The molecule has 0 aromatic carbocycles. The molecule has 0 bridgehead atoms. The molecule has 1 heterocycles. The summed E-state index contributed by atoms with van der Waals surface area (Å²) in [7, 11) is 0. The van der Waals surface area contributed by atoms with Crippen LogP contribution in [0.1, 0.15) is 43.9 Å². The topological polar surface area (TPSA) is 12.9 Å². The first-order valence-corrected chi connectivity index (χ1v) is 7.02. The van der Waals surface area contributed by atoms with Gasteiger partial charge in [0.25, 0.3) is 0 Å². The van der Waals surface area contributed by atoms with Gasteiger partial charge in [-0.2, -0.15) is 0 Å². The van der Waals surface area contributed by atoms with Crippen LogP contribution >= 0.6 is 22.9 Å². The number of hydrogen-bond donors (Lipinski definition) is 0. The number of hydrogen-bond acceptors (Lipinski definition) is 2. The van der Waals surface area contributed by atoms with Crippen molar-refractivity contribution in [1.82, 2.24) is 4.98 Å². The molecular formula is C12H18ClNS. The summed E-state index contributed by atoms with van der Waals surface area (Å²) in [6.07, 6.45) is 5.61. The monoisotopic (exact) mass is 243 g/mol. The molecule has 3 atom stereocenters. The highest BCUT2D eigenvalue weighted by Crippen LogP contribution is 2.44. The second kappa shape index (κ2) is 4.84. The minimum atomic E-state index is 0.368. The van der Waals surface area contributed by atoms with E-state index in [4.69, 9.17) is 11.6 Å². The summed E-state index contributed by atoms with van der Waals surface area (Å²) in [6.45, 7) is 4.65. The van der Waals surface area contributed by atoms with E-state index in [1.54, 1.807) is 11.3 Å². The zero-order valence-electron chi connectivity index (χ0n) is 9.32. The Kier molecular flexibility index (Phi) is 3.68. The van der Waals surface area contributed by atoms with Gasteiger partial charge in [0.2, 0.25) is 0 Å². The van der Waals surface area contributed by atoms with Gasteiger partial charge in [-0.1, -0.05) is 13.8 Å². The van der Waals surface area contributed by atoms with E-state index in [0.717, 1.165) is 18.3 Å². The Balaban J connectivity index is 2.17. The van der Waals surface area contributed by atoms with Crippen LogP contribution in [-0.2, 0) is 0 Å². The highest BCUT2D eigenvalue weighted by molar-refractivity contribution is 7.09. The molecule has 84 valence electrons. The van der Waals surface area contributed by atoms with Crippen molar-refractivity contribution in [3.63, 3.8) is 0 Å². The fraction of sp³-hybridized carbons (Fsp3) is 0.750. The van der Waals surface area contributed by atoms with Crippen LogP contribution in [0.2, 0.25) is 0 Å². The second-order valence-electron chi connectivity index (χ2n) is 4.83. The van der Waals surface area contributed by atoms with E-state index in [1.807, 2.05) is 11.7 Å². The Morgan fingerprint density at radius 3 is 2.87 bits per heavy atom.